The van der Waals surface area contributed by atoms with Gasteiger partial charge in [0.15, 0.2) is 11.6 Å². The lowest BCUT2D eigenvalue weighted by molar-refractivity contribution is -0.144. The van der Waals surface area contributed by atoms with Crippen LogP contribution in [0.25, 0.3) is 0 Å². The van der Waals surface area contributed by atoms with Crippen LogP contribution in [0.15, 0.2) is 24.3 Å². The SMILES string of the molecule is CC(=O)CCCCCCCCCCCCCCOc1ccc(C(=O)O)cc1.CCCOCC(=O)CCCOCCOCC(=O)NCCCC(=O)CSC.CNCCOCCOCC(=O)CCCOCCOCC(=O)NC(CCCCNC(=O)CSC)C(=O)O.COCCNC(=O)CCC(CC(=O)CCCCCCCCCCCCCCCCC(=O)O)C(=O)O. The number of hydrogen-bond donors (Lipinski definition) is 9. The molecule has 0 aliphatic carbocycles. The molecule has 31 nitrogen and oxygen atoms in total. The highest BCUT2D eigenvalue weighted by atomic mass is 32.2. The Morgan fingerprint density at radius 1 is 0.363 bits per heavy atom. The van der Waals surface area contributed by atoms with Crippen molar-refractivity contribution in [1.29, 1.82) is 0 Å². The summed E-state index contributed by atoms with van der Waals surface area (Å²) in [6.07, 6.45) is 41.6. The fraction of sp³-hybridized carbons (Fsp3) is 0.791. The van der Waals surface area contributed by atoms with E-state index in [0.29, 0.717) is 167 Å². The lowest BCUT2D eigenvalue weighted by atomic mass is 9.94. The van der Waals surface area contributed by atoms with Crippen LogP contribution in [0.3, 0.4) is 0 Å². The van der Waals surface area contributed by atoms with Crippen molar-refractivity contribution in [2.45, 2.75) is 290 Å². The molecule has 9 N–H and O–H groups in total. The third-order valence-electron chi connectivity index (χ3n) is 18.9. The fourth-order valence-corrected chi connectivity index (χ4v) is 12.8. The van der Waals surface area contributed by atoms with Gasteiger partial charge in [-0.1, -0.05) is 148 Å². The van der Waals surface area contributed by atoms with Crippen LogP contribution in [0, 0.1) is 5.92 Å². The number of carboxylic acids is 4. The number of thioether (sulfide) groups is 2. The molecule has 0 aliphatic rings. The van der Waals surface area contributed by atoms with Gasteiger partial charge in [0.2, 0.25) is 23.6 Å². The fourth-order valence-electron chi connectivity index (χ4n) is 12.0. The maximum atomic E-state index is 12.2. The van der Waals surface area contributed by atoms with Crippen LogP contribution in [0.2, 0.25) is 0 Å². The normalized spacial score (nSPS) is 11.3. The van der Waals surface area contributed by atoms with Crippen LogP contribution < -0.4 is 31.3 Å². The molecule has 4 amide bonds. The maximum absolute atomic E-state index is 12.2. The van der Waals surface area contributed by atoms with Crippen LogP contribution in [0.5, 0.6) is 5.75 Å². The molecule has 2 unspecified atom stereocenters. The van der Waals surface area contributed by atoms with Gasteiger partial charge in [0.1, 0.15) is 55.6 Å². The molecule has 124 heavy (non-hydrogen) atoms. The number of Topliss-reactive ketones (excluding diaryl/α,β-unsaturated/α-hetero) is 5. The highest BCUT2D eigenvalue weighted by Crippen LogP contribution is 2.19. The standard InChI is InChI=1S/C27H49NO7.C23H43N3O9S.C23H36O4.C18H33NO6S/c1-35-21-20-28-25(30)19-18-23(27(33)34)22-24(29)16-14-12-10-8-6-4-2-3-5-7-9-11-13-15-17-26(31)32;1-24-9-11-33-13-14-34-16-19(27)6-5-10-32-12-15-35-17-21(28)26-20(23(30)31)7-3-4-8-25-22(29)18-36-2;1-20(24)14-12-10-8-6-4-2-3-5-7-9-11-13-19-27-22-17-15-21(16-18-22)23(25)26;1-3-9-24-13-16(20)7-5-10-23-11-12-25-14-18(22)19-8-4-6-17(21)15-26-2/h23H,2-22H2,1H3,(H,28,30)(H,31,32)(H,33,34);20,24H,3-18H2,1-2H3,(H,25,29)(H,26,28)(H,30,31);15-18H,2-14,19H2,1H3,(H,25,26);3-15H2,1-2H3,(H,19,22). The Labute approximate surface area is 749 Å². The number of nitrogens with one attached hydrogen (secondary N) is 5. The van der Waals surface area contributed by atoms with Gasteiger partial charge in [-0.15, -0.1) is 0 Å². The van der Waals surface area contributed by atoms with Gasteiger partial charge in [0.25, 0.3) is 0 Å². The number of methoxy groups -OCH3 is 1. The summed E-state index contributed by atoms with van der Waals surface area (Å²) < 4.78 is 47.4. The van der Waals surface area contributed by atoms with Crippen molar-refractivity contribution in [2.75, 3.05) is 170 Å². The number of ether oxygens (including phenoxy) is 9. The van der Waals surface area contributed by atoms with Crippen LogP contribution in [0.4, 0.5) is 0 Å². The summed E-state index contributed by atoms with van der Waals surface area (Å²) in [6, 6.07) is 5.57. The van der Waals surface area contributed by atoms with Crippen molar-refractivity contribution in [3.63, 3.8) is 0 Å². The van der Waals surface area contributed by atoms with Crippen molar-refractivity contribution in [2.24, 2.45) is 5.92 Å². The quantitative estimate of drug-likeness (QED) is 0.0274. The van der Waals surface area contributed by atoms with E-state index in [1.54, 1.807) is 38.3 Å². The summed E-state index contributed by atoms with van der Waals surface area (Å²) in [5.74, 6) is -3.29. The Kier molecular flexibility index (Phi) is 92.3. The Hall–Kier alpha value is -6.53. The van der Waals surface area contributed by atoms with Crippen molar-refractivity contribution in [3.05, 3.63) is 29.8 Å². The monoisotopic (exact) mass is 1800 g/mol. The molecule has 0 aromatic heterocycles. The number of ketones is 5. The van der Waals surface area contributed by atoms with Crippen LogP contribution in [0.1, 0.15) is 294 Å². The summed E-state index contributed by atoms with van der Waals surface area (Å²) >= 11 is 2.94. The number of likely N-dealkylation sites (N-methyl/N-ethyl adjacent to an activating group) is 1. The predicted molar refractivity (Wildman–Crippen MR) is 485 cm³/mol. The smallest absolute Gasteiger partial charge is 0.335 e. The van der Waals surface area contributed by atoms with Gasteiger partial charge in [-0.3, -0.25) is 47.9 Å². The number of rotatable bonds is 88. The molecule has 0 saturated carbocycles. The summed E-state index contributed by atoms with van der Waals surface area (Å²) in [5, 5.41) is 49.6. The number of aromatic carboxylic acids is 1. The second-order valence-electron chi connectivity index (χ2n) is 30.5. The third-order valence-corrected chi connectivity index (χ3v) is 20.1. The van der Waals surface area contributed by atoms with Gasteiger partial charge in [-0.05, 0) is 128 Å². The molecule has 33 heteroatoms. The van der Waals surface area contributed by atoms with E-state index in [0.717, 1.165) is 76.5 Å². The lowest BCUT2D eigenvalue weighted by Gasteiger charge is -2.14. The number of amides is 4. The number of aliphatic carboxylic acids is 3. The van der Waals surface area contributed by atoms with Gasteiger partial charge >= 0.3 is 23.9 Å². The molecule has 2 atom stereocenters. The Morgan fingerprint density at radius 3 is 1.27 bits per heavy atom. The number of unbranched alkanes of at least 4 members (excludes halogenated alkanes) is 25. The molecule has 0 spiro atoms. The van der Waals surface area contributed by atoms with Gasteiger partial charge in [0, 0.05) is 104 Å². The summed E-state index contributed by atoms with van der Waals surface area (Å²) in [4.78, 5) is 148. The lowest BCUT2D eigenvalue weighted by Crippen LogP contribution is -2.42. The Morgan fingerprint density at radius 2 is 0.798 bits per heavy atom. The van der Waals surface area contributed by atoms with Crippen LogP contribution in [-0.4, -0.2) is 273 Å². The molecule has 0 saturated heterocycles. The third kappa shape index (κ3) is 93.1. The highest BCUT2D eigenvalue weighted by Gasteiger charge is 2.23. The van der Waals surface area contributed by atoms with Gasteiger partial charge in [-0.25, -0.2) is 9.59 Å². The second-order valence-corrected chi connectivity index (χ2v) is 32.2. The minimum atomic E-state index is -1.11. The van der Waals surface area contributed by atoms with E-state index in [4.69, 9.17) is 52.8 Å². The molecule has 718 valence electrons. The van der Waals surface area contributed by atoms with E-state index in [-0.39, 0.29) is 112 Å². The zero-order valence-electron chi connectivity index (χ0n) is 76.3. The molecule has 1 rings (SSSR count). The minimum Gasteiger partial charge on any atom is -0.494 e. The molecule has 1 aromatic rings. The first kappa shape index (κ1) is 122. The van der Waals surface area contributed by atoms with Crippen molar-refractivity contribution in [3.8, 4) is 5.75 Å². The van der Waals surface area contributed by atoms with E-state index in [1.807, 2.05) is 26.5 Å². The van der Waals surface area contributed by atoms with E-state index in [2.05, 4.69) is 26.6 Å². The van der Waals surface area contributed by atoms with Gasteiger partial charge < -0.3 is 94.4 Å². The molecule has 0 fully saturated rings. The van der Waals surface area contributed by atoms with Crippen molar-refractivity contribution < 1.29 is 125 Å². The topological polar surface area (TPSA) is 446 Å². The summed E-state index contributed by atoms with van der Waals surface area (Å²) in [5.41, 5.74) is 0.287. The molecule has 0 radical (unpaired) electrons. The molecule has 0 bridgehead atoms. The first-order valence-corrected chi connectivity index (χ1v) is 48.2. The van der Waals surface area contributed by atoms with Crippen molar-refractivity contribution in [1.82, 2.24) is 26.6 Å². The van der Waals surface area contributed by atoms with Crippen LogP contribution >= 0.6 is 23.5 Å². The molecule has 1 aromatic carbocycles. The number of benzene rings is 1. The number of hydrogen-bond acceptors (Lipinski definition) is 25. The highest BCUT2D eigenvalue weighted by molar-refractivity contribution is 7.99. The molecule has 0 aliphatic heterocycles. The van der Waals surface area contributed by atoms with Gasteiger partial charge in [0.05, 0.1) is 82.4 Å². The summed E-state index contributed by atoms with van der Waals surface area (Å²) in [7, 11) is 3.39. The number of carbonyl (C=O) groups is 13. The zero-order valence-corrected chi connectivity index (χ0v) is 77.9. The predicted octanol–water partition coefficient (Wildman–Crippen LogP) is 13.4. The maximum Gasteiger partial charge on any atom is 0.335 e. The second kappa shape index (κ2) is 94.1. The first-order valence-electron chi connectivity index (χ1n) is 45.4. The Bertz CT molecular complexity index is 2850. The largest absolute Gasteiger partial charge is 0.494 e. The van der Waals surface area contributed by atoms with E-state index >= 15 is 0 Å². The van der Waals surface area contributed by atoms with Gasteiger partial charge in [-0.2, -0.15) is 23.5 Å². The number of carbonyl (C=O) groups excluding carboxylic acids is 9. The average Bonchev–Trinajstić information content (AvgIpc) is 0.899. The minimum absolute atomic E-state index is 0.00300. The first-order chi connectivity index (χ1) is 60.0. The van der Waals surface area contributed by atoms with Crippen molar-refractivity contribution >= 4 is 99.9 Å². The van der Waals surface area contributed by atoms with E-state index in [9.17, 15) is 72.5 Å². The average molecular weight is 1810 g/mol. The Balaban J connectivity index is -0.00000159. The van der Waals surface area contributed by atoms with E-state index in [1.165, 1.54) is 139 Å². The molecular weight excluding hydrogens is 1640 g/mol. The van der Waals surface area contributed by atoms with E-state index < -0.39 is 41.7 Å². The molecule has 0 heterocycles. The summed E-state index contributed by atoms with van der Waals surface area (Å²) in [6.45, 7) is 10.9. The van der Waals surface area contributed by atoms with Crippen LogP contribution in [-0.2, 0) is 95.4 Å². The molecular formula is C91H161N5O26S2. The number of carboxylic acid groups (broad SMARTS) is 4. The zero-order chi connectivity index (χ0) is 92.2.